The average Bonchev–Trinajstić information content (AvgIpc) is 2.73. The van der Waals surface area contributed by atoms with Crippen molar-refractivity contribution in [3.8, 4) is 0 Å². The summed E-state index contributed by atoms with van der Waals surface area (Å²) in [5.74, 6) is -0.00666. The van der Waals surface area contributed by atoms with Gasteiger partial charge in [-0.1, -0.05) is 21.5 Å². The highest BCUT2D eigenvalue weighted by Crippen LogP contribution is 2.20. The number of anilines is 1. The number of rotatable bonds is 3. The van der Waals surface area contributed by atoms with Crippen LogP contribution in [0.15, 0.2) is 23.3 Å². The van der Waals surface area contributed by atoms with E-state index in [1.54, 1.807) is 0 Å². The summed E-state index contributed by atoms with van der Waals surface area (Å²) in [6, 6.07) is 3.99. The van der Waals surface area contributed by atoms with Gasteiger partial charge in [0.25, 0.3) is 11.6 Å². The van der Waals surface area contributed by atoms with Gasteiger partial charge in [0, 0.05) is 22.7 Å². The van der Waals surface area contributed by atoms with E-state index in [0.29, 0.717) is 10.6 Å². The highest BCUT2D eigenvalue weighted by molar-refractivity contribution is 6.33. The Morgan fingerprint density at radius 1 is 1.56 bits per heavy atom. The monoisotopic (exact) mass is 267 g/mol. The van der Waals surface area contributed by atoms with Gasteiger partial charge in [-0.25, -0.2) is 0 Å². The van der Waals surface area contributed by atoms with Gasteiger partial charge in [0.05, 0.1) is 11.1 Å². The average molecular weight is 268 g/mol. The molecule has 2 aromatic rings. The third kappa shape index (κ3) is 2.40. The Morgan fingerprint density at radius 2 is 2.33 bits per heavy atom. The first-order chi connectivity index (χ1) is 8.58. The molecule has 0 unspecified atom stereocenters. The van der Waals surface area contributed by atoms with E-state index in [1.807, 2.05) is 0 Å². The van der Waals surface area contributed by atoms with Crippen molar-refractivity contribution in [2.45, 2.75) is 0 Å². The van der Waals surface area contributed by atoms with E-state index >= 15 is 0 Å². The molecular formula is C8H6ClN7O2. The van der Waals surface area contributed by atoms with Crippen LogP contribution < -0.4 is 5.73 Å². The van der Waals surface area contributed by atoms with Crippen molar-refractivity contribution in [3.05, 3.63) is 38.9 Å². The van der Waals surface area contributed by atoms with E-state index in [-0.39, 0.29) is 11.6 Å². The topological polar surface area (TPSA) is 125 Å². The van der Waals surface area contributed by atoms with Crippen LogP contribution in [0.1, 0.15) is 5.56 Å². The van der Waals surface area contributed by atoms with Crippen LogP contribution in [0, 0.1) is 10.1 Å². The largest absolute Gasteiger partial charge is 0.365 e. The highest BCUT2D eigenvalue weighted by Gasteiger charge is 2.08. The quantitative estimate of drug-likeness (QED) is 0.495. The summed E-state index contributed by atoms with van der Waals surface area (Å²) in [6.07, 6.45) is 1.28. The summed E-state index contributed by atoms with van der Waals surface area (Å²) in [7, 11) is 0. The van der Waals surface area contributed by atoms with Gasteiger partial charge in [-0.15, -0.1) is 0 Å². The molecule has 0 amide bonds. The van der Waals surface area contributed by atoms with E-state index < -0.39 is 4.92 Å². The molecular weight excluding hydrogens is 262 g/mol. The summed E-state index contributed by atoms with van der Waals surface area (Å²) in [5, 5.41) is 24.9. The highest BCUT2D eigenvalue weighted by atomic mass is 35.5. The van der Waals surface area contributed by atoms with Gasteiger partial charge in [0.2, 0.25) is 0 Å². The maximum Gasteiger partial charge on any atom is 0.270 e. The number of hydrogen-bond acceptors (Lipinski definition) is 7. The van der Waals surface area contributed by atoms with Crippen LogP contribution in [0.2, 0.25) is 5.02 Å². The van der Waals surface area contributed by atoms with E-state index in [2.05, 4.69) is 20.6 Å². The second-order valence-electron chi connectivity index (χ2n) is 3.13. The van der Waals surface area contributed by atoms with Gasteiger partial charge in [-0.2, -0.15) is 5.10 Å². The number of nitro groups is 1. The van der Waals surface area contributed by atoms with Crippen molar-refractivity contribution in [3.63, 3.8) is 0 Å². The Balaban J connectivity index is 2.34. The van der Waals surface area contributed by atoms with E-state index in [0.717, 1.165) is 4.79 Å². The van der Waals surface area contributed by atoms with Gasteiger partial charge >= 0.3 is 0 Å². The fourth-order valence-electron chi connectivity index (χ4n) is 1.13. The third-order valence-corrected chi connectivity index (χ3v) is 2.32. The molecule has 0 bridgehead atoms. The molecule has 0 spiro atoms. The number of nitrogens with two attached hydrogens (primary N) is 1. The molecule has 92 valence electrons. The fraction of sp³-hybridized carbons (Fsp3) is 0. The molecule has 0 saturated carbocycles. The lowest BCUT2D eigenvalue weighted by atomic mass is 10.2. The molecule has 1 aromatic heterocycles. The first-order valence-corrected chi connectivity index (χ1v) is 4.98. The molecule has 0 aliphatic carbocycles. The minimum Gasteiger partial charge on any atom is -0.365 e. The molecule has 9 nitrogen and oxygen atoms in total. The number of hydrogen-bond donors (Lipinski definition) is 1. The summed E-state index contributed by atoms with van der Waals surface area (Å²) < 4.78 is 0. The number of non-ortho nitro benzene ring substituents is 1. The Labute approximate surface area is 105 Å². The molecule has 0 aliphatic heterocycles. The maximum atomic E-state index is 10.6. The van der Waals surface area contributed by atoms with Crippen LogP contribution in [-0.4, -0.2) is 31.5 Å². The van der Waals surface area contributed by atoms with Crippen LogP contribution in [0.25, 0.3) is 0 Å². The maximum absolute atomic E-state index is 10.6. The Bertz CT molecular complexity index is 624. The van der Waals surface area contributed by atoms with Crippen molar-refractivity contribution in [1.29, 1.82) is 0 Å². The summed E-state index contributed by atoms with van der Waals surface area (Å²) >= 11 is 5.87. The standard InChI is InChI=1S/C8H6ClN7O2/c9-7-2-1-6(16(17)18)3-5(7)4-11-15-8(10)12-13-14-15/h1-4H,(H2,10,12,14)/b11-4+. The lowest BCUT2D eigenvalue weighted by molar-refractivity contribution is -0.384. The molecule has 1 aromatic carbocycles. The van der Waals surface area contributed by atoms with Crippen molar-refractivity contribution < 1.29 is 4.92 Å². The van der Waals surface area contributed by atoms with Gasteiger partial charge < -0.3 is 5.73 Å². The zero-order chi connectivity index (χ0) is 13.1. The van der Waals surface area contributed by atoms with E-state index in [9.17, 15) is 10.1 Å². The van der Waals surface area contributed by atoms with Crippen LogP contribution in [0.4, 0.5) is 11.6 Å². The molecule has 10 heteroatoms. The zero-order valence-corrected chi connectivity index (χ0v) is 9.52. The molecule has 0 atom stereocenters. The van der Waals surface area contributed by atoms with Gasteiger partial charge in [-0.3, -0.25) is 10.1 Å². The number of benzene rings is 1. The van der Waals surface area contributed by atoms with Crippen LogP contribution in [-0.2, 0) is 0 Å². The summed E-state index contributed by atoms with van der Waals surface area (Å²) in [5.41, 5.74) is 5.66. The Kier molecular flexibility index (Phi) is 3.15. The van der Waals surface area contributed by atoms with Crippen LogP contribution in [0.3, 0.4) is 0 Å². The fourth-order valence-corrected chi connectivity index (χ4v) is 1.30. The first kappa shape index (κ1) is 11.9. The first-order valence-electron chi connectivity index (χ1n) is 4.60. The minimum absolute atomic E-state index is 0.00666. The number of aromatic nitrogens is 4. The van der Waals surface area contributed by atoms with Crippen LogP contribution >= 0.6 is 11.6 Å². The minimum atomic E-state index is -0.529. The van der Waals surface area contributed by atoms with Crippen molar-refractivity contribution in [2.75, 3.05) is 5.73 Å². The zero-order valence-electron chi connectivity index (χ0n) is 8.76. The lowest BCUT2D eigenvalue weighted by Gasteiger charge is -1.97. The van der Waals surface area contributed by atoms with Gasteiger partial charge in [-0.05, 0) is 16.5 Å². The summed E-state index contributed by atoms with van der Waals surface area (Å²) in [4.78, 5) is 11.1. The lowest BCUT2D eigenvalue weighted by Crippen LogP contribution is -2.00. The van der Waals surface area contributed by atoms with E-state index in [4.69, 9.17) is 17.3 Å². The van der Waals surface area contributed by atoms with Crippen LogP contribution in [0.5, 0.6) is 0 Å². The number of nitrogen functional groups attached to an aromatic ring is 1. The summed E-state index contributed by atoms with van der Waals surface area (Å²) in [6.45, 7) is 0. The second kappa shape index (κ2) is 4.75. The molecule has 0 saturated heterocycles. The SMILES string of the molecule is Nc1nnnn1/N=C/c1cc([N+](=O)[O-])ccc1Cl. The van der Waals surface area contributed by atoms with Crippen molar-refractivity contribution in [2.24, 2.45) is 5.10 Å². The molecule has 0 fully saturated rings. The number of halogens is 1. The van der Waals surface area contributed by atoms with Gasteiger partial charge in [0.15, 0.2) is 0 Å². The van der Waals surface area contributed by atoms with Crippen molar-refractivity contribution in [1.82, 2.24) is 20.3 Å². The number of tetrazole rings is 1. The number of nitrogens with zero attached hydrogens (tertiary/aromatic N) is 6. The number of nitro benzene ring substituents is 1. The Hall–Kier alpha value is -2.55. The second-order valence-corrected chi connectivity index (χ2v) is 3.54. The molecule has 18 heavy (non-hydrogen) atoms. The van der Waals surface area contributed by atoms with E-state index in [1.165, 1.54) is 24.4 Å². The predicted octanol–water partition coefficient (Wildman–Crippen LogP) is 0.699. The normalized spacial score (nSPS) is 10.9. The molecule has 1 heterocycles. The predicted molar refractivity (Wildman–Crippen MR) is 63.3 cm³/mol. The third-order valence-electron chi connectivity index (χ3n) is 1.97. The molecule has 2 N–H and O–H groups in total. The molecule has 0 radical (unpaired) electrons. The smallest absolute Gasteiger partial charge is 0.270 e. The molecule has 2 rings (SSSR count). The molecule has 0 aliphatic rings. The van der Waals surface area contributed by atoms with Crippen molar-refractivity contribution >= 4 is 29.5 Å². The van der Waals surface area contributed by atoms with Gasteiger partial charge in [0.1, 0.15) is 0 Å². The Morgan fingerprint density at radius 3 is 2.94 bits per heavy atom.